The summed E-state index contributed by atoms with van der Waals surface area (Å²) in [6.45, 7) is 3.11. The van der Waals surface area contributed by atoms with Crippen LogP contribution < -0.4 is 15.4 Å². The number of methoxy groups -OCH3 is 1. The Kier molecular flexibility index (Phi) is 4.97. The first-order chi connectivity index (χ1) is 10.1. The van der Waals surface area contributed by atoms with Gasteiger partial charge in [0.05, 0.1) is 19.0 Å². The van der Waals surface area contributed by atoms with Crippen LogP contribution in [0.25, 0.3) is 0 Å². The van der Waals surface area contributed by atoms with Crippen molar-refractivity contribution < 1.29 is 14.3 Å². The van der Waals surface area contributed by atoms with Gasteiger partial charge in [-0.05, 0) is 12.5 Å². The number of nitrogens with one attached hydrogen (secondary N) is 2. The van der Waals surface area contributed by atoms with Gasteiger partial charge in [-0.15, -0.1) is 0 Å². The third-order valence-corrected chi connectivity index (χ3v) is 3.38. The third-order valence-electron chi connectivity index (χ3n) is 3.38. The lowest BCUT2D eigenvalue weighted by molar-refractivity contribution is -0.129. The zero-order valence-electron chi connectivity index (χ0n) is 12.3. The second-order valence-electron chi connectivity index (χ2n) is 4.87. The zero-order chi connectivity index (χ0) is 15.2. The molecule has 1 saturated heterocycles. The molecule has 0 aromatic carbocycles. The summed E-state index contributed by atoms with van der Waals surface area (Å²) in [6.07, 6.45) is 2.80. The fourth-order valence-corrected chi connectivity index (χ4v) is 2.26. The fraction of sp³-hybridized carbons (Fsp3) is 0.500. The molecule has 2 N–H and O–H groups in total. The molecule has 1 aromatic rings. The summed E-state index contributed by atoms with van der Waals surface area (Å²) >= 11 is 0. The molecule has 0 saturated carbocycles. The van der Waals surface area contributed by atoms with Crippen LogP contribution in [0.15, 0.2) is 18.3 Å². The number of anilines is 1. The second-order valence-corrected chi connectivity index (χ2v) is 4.87. The molecular weight excluding hydrogens is 272 g/mol. The molecule has 0 spiro atoms. The number of pyridine rings is 1. The Balaban J connectivity index is 1.81. The number of carbonyl (C=O) groups excluding carboxylic acids is 2. The maximum atomic E-state index is 11.9. The van der Waals surface area contributed by atoms with Crippen LogP contribution in [-0.2, 0) is 4.79 Å². The number of nitrogens with zero attached hydrogens (tertiary/aromatic N) is 2. The maximum Gasteiger partial charge on any atom is 0.319 e. The first-order valence-corrected chi connectivity index (χ1v) is 6.97. The molecule has 7 heteroatoms. The summed E-state index contributed by atoms with van der Waals surface area (Å²) in [7, 11) is 1.53. The molecule has 0 radical (unpaired) electrons. The van der Waals surface area contributed by atoms with Gasteiger partial charge in [-0.25, -0.2) is 9.78 Å². The largest absolute Gasteiger partial charge is 0.481 e. The van der Waals surface area contributed by atoms with Crippen LogP contribution in [0.5, 0.6) is 5.88 Å². The number of carbonyl (C=O) groups is 2. The highest BCUT2D eigenvalue weighted by atomic mass is 16.5. The van der Waals surface area contributed by atoms with E-state index in [0.717, 1.165) is 6.42 Å². The van der Waals surface area contributed by atoms with Crippen molar-refractivity contribution in [3.05, 3.63) is 18.3 Å². The molecule has 1 unspecified atom stereocenters. The van der Waals surface area contributed by atoms with Crippen molar-refractivity contribution in [2.45, 2.75) is 25.8 Å². The minimum atomic E-state index is -0.294. The van der Waals surface area contributed by atoms with Crippen molar-refractivity contribution >= 4 is 17.6 Å². The molecule has 7 nitrogen and oxygen atoms in total. The highest BCUT2D eigenvalue weighted by Gasteiger charge is 2.26. The molecule has 2 heterocycles. The molecule has 1 fully saturated rings. The van der Waals surface area contributed by atoms with Gasteiger partial charge in [0.2, 0.25) is 11.8 Å². The molecular formula is C14H20N4O3. The van der Waals surface area contributed by atoms with Gasteiger partial charge in [0.15, 0.2) is 0 Å². The van der Waals surface area contributed by atoms with Crippen LogP contribution in [0.1, 0.15) is 19.8 Å². The van der Waals surface area contributed by atoms with Gasteiger partial charge >= 0.3 is 6.03 Å². The average molecular weight is 292 g/mol. The van der Waals surface area contributed by atoms with Gasteiger partial charge in [0, 0.05) is 31.6 Å². The Hall–Kier alpha value is -2.31. The van der Waals surface area contributed by atoms with E-state index < -0.39 is 0 Å². The van der Waals surface area contributed by atoms with Crippen LogP contribution in [0, 0.1) is 0 Å². The molecule has 114 valence electrons. The number of amides is 3. The Morgan fingerprint density at radius 3 is 2.90 bits per heavy atom. The number of hydrogen-bond acceptors (Lipinski definition) is 4. The SMILES string of the molecule is CCC(=O)N1CCC(NC(=O)Nc2ccc(OC)nc2)C1. The molecule has 0 aliphatic carbocycles. The van der Waals surface area contributed by atoms with Gasteiger partial charge in [0.1, 0.15) is 0 Å². The van der Waals surface area contributed by atoms with E-state index in [9.17, 15) is 9.59 Å². The predicted octanol–water partition coefficient (Wildman–Crippen LogP) is 1.22. The molecule has 1 aliphatic rings. The molecule has 2 rings (SSSR count). The number of ether oxygens (including phenoxy) is 1. The molecule has 1 aliphatic heterocycles. The summed E-state index contributed by atoms with van der Waals surface area (Å²) in [5.41, 5.74) is 0.591. The quantitative estimate of drug-likeness (QED) is 0.874. The molecule has 0 bridgehead atoms. The summed E-state index contributed by atoms with van der Waals surface area (Å²) in [5.74, 6) is 0.615. The van der Waals surface area contributed by atoms with E-state index >= 15 is 0 Å². The van der Waals surface area contributed by atoms with Crippen LogP contribution in [0.4, 0.5) is 10.5 Å². The van der Waals surface area contributed by atoms with Gasteiger partial charge < -0.3 is 20.3 Å². The minimum Gasteiger partial charge on any atom is -0.481 e. The first-order valence-electron chi connectivity index (χ1n) is 6.97. The van der Waals surface area contributed by atoms with Crippen molar-refractivity contribution in [3.63, 3.8) is 0 Å². The lowest BCUT2D eigenvalue weighted by Gasteiger charge is -2.16. The van der Waals surface area contributed by atoms with Crippen molar-refractivity contribution in [1.29, 1.82) is 0 Å². The summed E-state index contributed by atoms with van der Waals surface area (Å²) in [6, 6.07) is 3.09. The Labute approximate surface area is 123 Å². The third kappa shape index (κ3) is 4.08. The van der Waals surface area contributed by atoms with E-state index in [0.29, 0.717) is 31.1 Å². The fourth-order valence-electron chi connectivity index (χ4n) is 2.26. The number of hydrogen-bond donors (Lipinski definition) is 2. The molecule has 1 atom stereocenters. The van der Waals surface area contributed by atoms with Crippen LogP contribution in [0.2, 0.25) is 0 Å². The highest BCUT2D eigenvalue weighted by molar-refractivity contribution is 5.89. The van der Waals surface area contributed by atoms with Crippen LogP contribution in [-0.4, -0.2) is 48.1 Å². The predicted molar refractivity (Wildman–Crippen MR) is 78.2 cm³/mol. The smallest absolute Gasteiger partial charge is 0.319 e. The minimum absolute atomic E-state index is 0.00768. The summed E-state index contributed by atoms with van der Waals surface area (Å²) < 4.78 is 4.95. The molecule has 3 amide bonds. The Morgan fingerprint density at radius 1 is 1.48 bits per heavy atom. The first kappa shape index (κ1) is 15.1. The van der Waals surface area contributed by atoms with E-state index in [1.165, 1.54) is 13.3 Å². The summed E-state index contributed by atoms with van der Waals surface area (Å²) in [4.78, 5) is 29.2. The molecule has 21 heavy (non-hydrogen) atoms. The molecule has 1 aromatic heterocycles. The van der Waals surface area contributed by atoms with E-state index in [4.69, 9.17) is 4.74 Å². The zero-order valence-corrected chi connectivity index (χ0v) is 12.3. The number of likely N-dealkylation sites (tertiary alicyclic amines) is 1. The number of rotatable bonds is 4. The highest BCUT2D eigenvalue weighted by Crippen LogP contribution is 2.12. The van der Waals surface area contributed by atoms with E-state index in [-0.39, 0.29) is 18.0 Å². The van der Waals surface area contributed by atoms with Gasteiger partial charge in [-0.1, -0.05) is 6.92 Å². The van der Waals surface area contributed by atoms with Crippen molar-refractivity contribution in [3.8, 4) is 5.88 Å². The summed E-state index contributed by atoms with van der Waals surface area (Å²) in [5, 5.41) is 5.57. The van der Waals surface area contributed by atoms with Gasteiger partial charge in [0.25, 0.3) is 0 Å². The standard InChI is InChI=1S/C14H20N4O3/c1-3-13(19)18-7-6-11(9-18)17-14(20)16-10-4-5-12(21-2)15-8-10/h4-5,8,11H,3,6-7,9H2,1-2H3,(H2,16,17,20). The van der Waals surface area contributed by atoms with E-state index in [1.54, 1.807) is 17.0 Å². The Morgan fingerprint density at radius 2 is 2.29 bits per heavy atom. The van der Waals surface area contributed by atoms with Crippen molar-refractivity contribution in [2.24, 2.45) is 0 Å². The van der Waals surface area contributed by atoms with Crippen molar-refractivity contribution in [1.82, 2.24) is 15.2 Å². The van der Waals surface area contributed by atoms with Gasteiger partial charge in [-0.3, -0.25) is 4.79 Å². The monoisotopic (exact) mass is 292 g/mol. The van der Waals surface area contributed by atoms with Crippen LogP contribution >= 0.6 is 0 Å². The number of urea groups is 1. The van der Waals surface area contributed by atoms with Crippen LogP contribution in [0.3, 0.4) is 0 Å². The maximum absolute atomic E-state index is 11.9. The number of aromatic nitrogens is 1. The topological polar surface area (TPSA) is 83.6 Å². The van der Waals surface area contributed by atoms with Gasteiger partial charge in [-0.2, -0.15) is 0 Å². The lowest BCUT2D eigenvalue weighted by Crippen LogP contribution is -2.40. The average Bonchev–Trinajstić information content (AvgIpc) is 2.95. The second kappa shape index (κ2) is 6.92. The van der Waals surface area contributed by atoms with E-state index in [1.807, 2.05) is 6.92 Å². The lowest BCUT2D eigenvalue weighted by atomic mass is 10.3. The van der Waals surface area contributed by atoms with E-state index in [2.05, 4.69) is 15.6 Å². The Bertz CT molecular complexity index is 503. The normalized spacial score (nSPS) is 17.4. The van der Waals surface area contributed by atoms with Crippen molar-refractivity contribution in [2.75, 3.05) is 25.5 Å².